The Balaban J connectivity index is 0. The SMILES string of the molecule is CCCCOCc1cc[c-]cc1F.[Br-].[Mg+2]. The second kappa shape index (κ2) is 10.9. The van der Waals surface area contributed by atoms with Crippen molar-refractivity contribution >= 4 is 23.1 Å². The Kier molecular flexibility index (Phi) is 12.8. The summed E-state index contributed by atoms with van der Waals surface area (Å²) >= 11 is 0. The molecule has 15 heavy (non-hydrogen) atoms. The predicted molar refractivity (Wildman–Crippen MR) is 55.6 cm³/mol. The van der Waals surface area contributed by atoms with Gasteiger partial charge in [0.15, 0.2) is 0 Å². The zero-order chi connectivity index (χ0) is 9.52. The van der Waals surface area contributed by atoms with Crippen LogP contribution in [-0.4, -0.2) is 29.7 Å². The maximum absolute atomic E-state index is 13.0. The van der Waals surface area contributed by atoms with Crippen molar-refractivity contribution < 1.29 is 26.1 Å². The zero-order valence-corrected chi connectivity index (χ0v) is 11.9. The van der Waals surface area contributed by atoms with Gasteiger partial charge in [-0.2, -0.15) is 18.2 Å². The molecule has 0 saturated carbocycles. The van der Waals surface area contributed by atoms with Crippen molar-refractivity contribution in [3.63, 3.8) is 0 Å². The fraction of sp³-hybridized carbons (Fsp3) is 0.455. The van der Waals surface area contributed by atoms with Gasteiger partial charge in [-0.25, -0.2) is 0 Å². The van der Waals surface area contributed by atoms with Gasteiger partial charge < -0.3 is 21.7 Å². The van der Waals surface area contributed by atoms with E-state index >= 15 is 0 Å². The number of hydrogen-bond donors (Lipinski definition) is 0. The third kappa shape index (κ3) is 7.28. The average molecular weight is 285 g/mol. The van der Waals surface area contributed by atoms with Gasteiger partial charge in [0.2, 0.25) is 0 Å². The third-order valence-electron chi connectivity index (χ3n) is 1.80. The monoisotopic (exact) mass is 284 g/mol. The van der Waals surface area contributed by atoms with Gasteiger partial charge in [-0.3, -0.25) is 4.39 Å². The first kappa shape index (κ1) is 17.7. The zero-order valence-electron chi connectivity index (χ0n) is 8.93. The molecule has 0 bridgehead atoms. The molecule has 0 saturated heterocycles. The largest absolute Gasteiger partial charge is 2.00 e. The molecule has 0 atom stereocenters. The Morgan fingerprint density at radius 1 is 1.47 bits per heavy atom. The summed E-state index contributed by atoms with van der Waals surface area (Å²) in [6.07, 6.45) is 2.13. The standard InChI is InChI=1S/C11H14FO.BrH.Mg/c1-2-3-8-13-9-10-6-4-5-7-11(10)12;;/h4,6-7H,2-3,8-9H2,1H3;1H;/q-1;;+2/p-1. The second-order valence-corrected chi connectivity index (χ2v) is 2.92. The van der Waals surface area contributed by atoms with Gasteiger partial charge in [-0.05, 0) is 6.42 Å². The maximum Gasteiger partial charge on any atom is 2.00 e. The Morgan fingerprint density at radius 2 is 2.20 bits per heavy atom. The fourth-order valence-corrected chi connectivity index (χ4v) is 0.988. The van der Waals surface area contributed by atoms with Crippen LogP contribution >= 0.6 is 0 Å². The van der Waals surface area contributed by atoms with Crippen molar-refractivity contribution in [3.8, 4) is 0 Å². The molecule has 0 spiro atoms. The van der Waals surface area contributed by atoms with Crippen LogP contribution in [0.25, 0.3) is 0 Å². The van der Waals surface area contributed by atoms with Gasteiger partial charge in [0.1, 0.15) is 0 Å². The number of hydrogen-bond acceptors (Lipinski definition) is 1. The van der Waals surface area contributed by atoms with E-state index in [0.717, 1.165) is 12.8 Å². The number of halogens is 2. The molecule has 1 aromatic rings. The van der Waals surface area contributed by atoms with E-state index in [4.69, 9.17) is 4.74 Å². The Labute approximate surface area is 117 Å². The first-order valence-corrected chi connectivity index (χ1v) is 4.57. The summed E-state index contributed by atoms with van der Waals surface area (Å²) in [5, 5.41) is 0. The van der Waals surface area contributed by atoms with E-state index in [0.29, 0.717) is 18.8 Å². The summed E-state index contributed by atoms with van der Waals surface area (Å²) in [4.78, 5) is 0. The molecule has 1 rings (SSSR count). The van der Waals surface area contributed by atoms with Crippen molar-refractivity contribution in [2.45, 2.75) is 26.4 Å². The van der Waals surface area contributed by atoms with E-state index in [2.05, 4.69) is 13.0 Å². The van der Waals surface area contributed by atoms with Crippen molar-refractivity contribution in [1.82, 2.24) is 0 Å². The van der Waals surface area contributed by atoms with E-state index < -0.39 is 0 Å². The summed E-state index contributed by atoms with van der Waals surface area (Å²) in [5.41, 5.74) is 0.606. The first-order valence-electron chi connectivity index (χ1n) is 4.57. The van der Waals surface area contributed by atoms with Crippen LogP contribution in [0.3, 0.4) is 0 Å². The molecule has 0 aliphatic heterocycles. The van der Waals surface area contributed by atoms with Crippen LogP contribution in [-0.2, 0) is 11.3 Å². The van der Waals surface area contributed by atoms with Crippen LogP contribution in [0.1, 0.15) is 25.3 Å². The van der Waals surface area contributed by atoms with Crippen LogP contribution in [0.5, 0.6) is 0 Å². The predicted octanol–water partition coefficient (Wildman–Crippen LogP) is -0.434. The first-order chi connectivity index (χ1) is 6.34. The molecular formula is C11H14BrFMgO. The smallest absolute Gasteiger partial charge is 1.00 e. The molecule has 0 aliphatic rings. The van der Waals surface area contributed by atoms with E-state index in [1.165, 1.54) is 6.07 Å². The molecule has 0 fully saturated rings. The van der Waals surface area contributed by atoms with Gasteiger partial charge in [0.05, 0.1) is 6.61 Å². The van der Waals surface area contributed by atoms with Crippen molar-refractivity contribution in [1.29, 1.82) is 0 Å². The van der Waals surface area contributed by atoms with Gasteiger partial charge in [0, 0.05) is 12.4 Å². The summed E-state index contributed by atoms with van der Waals surface area (Å²) in [6.45, 7) is 3.16. The normalized spacial score (nSPS) is 8.93. The molecule has 1 aromatic carbocycles. The summed E-state index contributed by atoms with van der Waals surface area (Å²) in [5.74, 6) is -0.237. The van der Waals surface area contributed by atoms with Crippen LogP contribution in [0.15, 0.2) is 18.2 Å². The number of ether oxygens (including phenoxy) is 1. The fourth-order valence-electron chi connectivity index (χ4n) is 0.988. The molecule has 0 unspecified atom stereocenters. The summed E-state index contributed by atoms with van der Waals surface area (Å²) < 4.78 is 18.3. The van der Waals surface area contributed by atoms with Gasteiger partial charge >= 0.3 is 23.1 Å². The topological polar surface area (TPSA) is 9.23 Å². The van der Waals surface area contributed by atoms with E-state index in [-0.39, 0.29) is 45.9 Å². The molecule has 0 aliphatic carbocycles. The average Bonchev–Trinajstić information content (AvgIpc) is 2.15. The van der Waals surface area contributed by atoms with Crippen LogP contribution in [0, 0.1) is 11.9 Å². The van der Waals surface area contributed by atoms with E-state index in [1.807, 2.05) is 0 Å². The molecule has 0 amide bonds. The third-order valence-corrected chi connectivity index (χ3v) is 1.80. The summed E-state index contributed by atoms with van der Waals surface area (Å²) in [6, 6.07) is 7.40. The van der Waals surface area contributed by atoms with E-state index in [9.17, 15) is 4.39 Å². The van der Waals surface area contributed by atoms with Crippen LogP contribution in [0.4, 0.5) is 4.39 Å². The minimum absolute atomic E-state index is 0. The molecule has 80 valence electrons. The molecule has 0 N–H and O–H groups in total. The molecule has 0 heterocycles. The minimum atomic E-state index is -0.237. The van der Waals surface area contributed by atoms with Crippen molar-refractivity contribution in [3.05, 3.63) is 35.6 Å². The molecule has 1 nitrogen and oxygen atoms in total. The van der Waals surface area contributed by atoms with Crippen LogP contribution < -0.4 is 17.0 Å². The minimum Gasteiger partial charge on any atom is -1.00 e. The molecular weight excluding hydrogens is 271 g/mol. The maximum atomic E-state index is 13.0. The number of unbranched alkanes of at least 4 members (excludes halogenated alkanes) is 1. The van der Waals surface area contributed by atoms with E-state index in [1.54, 1.807) is 12.1 Å². The number of rotatable bonds is 5. The van der Waals surface area contributed by atoms with Gasteiger partial charge in [-0.1, -0.05) is 18.9 Å². The van der Waals surface area contributed by atoms with Crippen molar-refractivity contribution in [2.24, 2.45) is 0 Å². The van der Waals surface area contributed by atoms with Crippen molar-refractivity contribution in [2.75, 3.05) is 6.61 Å². The van der Waals surface area contributed by atoms with Crippen LogP contribution in [0.2, 0.25) is 0 Å². The molecule has 0 aromatic heterocycles. The summed E-state index contributed by atoms with van der Waals surface area (Å²) in [7, 11) is 0. The van der Waals surface area contributed by atoms with Gasteiger partial charge in [-0.15, -0.1) is 6.07 Å². The Hall–Kier alpha value is 0.356. The molecule has 0 radical (unpaired) electrons. The Morgan fingerprint density at radius 3 is 2.80 bits per heavy atom. The second-order valence-electron chi connectivity index (χ2n) is 2.92. The van der Waals surface area contributed by atoms with Gasteiger partial charge in [0.25, 0.3) is 0 Å². The molecule has 4 heteroatoms. The quantitative estimate of drug-likeness (QED) is 0.405. The number of benzene rings is 1. The Bertz CT molecular complexity index is 258.